The first-order chi connectivity index (χ1) is 9.77. The first-order valence-corrected chi connectivity index (χ1v) is 9.06. The van der Waals surface area contributed by atoms with Gasteiger partial charge in [0.2, 0.25) is 10.0 Å². The molecule has 126 valence electrons. The summed E-state index contributed by atoms with van der Waals surface area (Å²) in [5, 5.41) is 0. The molecule has 1 aromatic carbocycles. The summed E-state index contributed by atoms with van der Waals surface area (Å²) in [6, 6.07) is 7.33. The topological polar surface area (TPSA) is 63.4 Å². The fourth-order valence-electron chi connectivity index (χ4n) is 2.80. The predicted octanol–water partition coefficient (Wildman–Crippen LogP) is 2.81. The molecule has 1 aliphatic rings. The van der Waals surface area contributed by atoms with Gasteiger partial charge in [-0.3, -0.25) is 0 Å². The number of piperidine rings is 1. The number of aryl methyl sites for hydroxylation is 1. The number of hydrogen-bond acceptors (Lipinski definition) is 3. The van der Waals surface area contributed by atoms with Crippen LogP contribution in [0.15, 0.2) is 29.2 Å². The van der Waals surface area contributed by atoms with E-state index >= 15 is 0 Å². The third kappa shape index (κ3) is 4.02. The summed E-state index contributed by atoms with van der Waals surface area (Å²) < 4.78 is 27.0. The van der Waals surface area contributed by atoms with Crippen molar-refractivity contribution in [3.8, 4) is 0 Å². The van der Waals surface area contributed by atoms with Gasteiger partial charge >= 0.3 is 0 Å². The highest BCUT2D eigenvalue weighted by molar-refractivity contribution is 7.89. The minimum Gasteiger partial charge on any atom is -0.327 e. The highest BCUT2D eigenvalue weighted by Gasteiger charge is 2.38. The van der Waals surface area contributed by atoms with Gasteiger partial charge in [0.15, 0.2) is 0 Å². The largest absolute Gasteiger partial charge is 0.327 e. The van der Waals surface area contributed by atoms with Gasteiger partial charge in [-0.15, -0.1) is 12.4 Å². The molecular weight excluding hydrogens is 320 g/mol. The van der Waals surface area contributed by atoms with E-state index in [0.717, 1.165) is 12.8 Å². The van der Waals surface area contributed by atoms with Gasteiger partial charge in [-0.2, -0.15) is 4.31 Å². The van der Waals surface area contributed by atoms with Crippen molar-refractivity contribution in [2.24, 2.45) is 11.1 Å². The number of nitrogens with zero attached hydrogens (tertiary/aromatic N) is 1. The Hall–Kier alpha value is -0.620. The highest BCUT2D eigenvalue weighted by atomic mass is 35.5. The fourth-order valence-corrected chi connectivity index (χ4v) is 4.42. The third-order valence-electron chi connectivity index (χ3n) is 4.38. The SMILES string of the molecule is CCCc1ccc(S(=O)(=O)N2CCC(N)C(C)(C)C2)cc1.Cl. The average Bonchev–Trinajstić information content (AvgIpc) is 2.42. The van der Waals surface area contributed by atoms with E-state index in [9.17, 15) is 8.42 Å². The van der Waals surface area contributed by atoms with Crippen LogP contribution < -0.4 is 5.73 Å². The summed E-state index contributed by atoms with van der Waals surface area (Å²) in [4.78, 5) is 0.383. The molecule has 0 aromatic heterocycles. The van der Waals surface area contributed by atoms with Gasteiger partial charge in [0, 0.05) is 19.1 Å². The Morgan fingerprint density at radius 3 is 2.36 bits per heavy atom. The zero-order valence-electron chi connectivity index (χ0n) is 13.6. The highest BCUT2D eigenvalue weighted by Crippen LogP contribution is 2.31. The van der Waals surface area contributed by atoms with Crippen molar-refractivity contribution in [3.63, 3.8) is 0 Å². The molecule has 0 amide bonds. The van der Waals surface area contributed by atoms with Gasteiger partial charge in [0.25, 0.3) is 0 Å². The predicted molar refractivity (Wildman–Crippen MR) is 92.8 cm³/mol. The zero-order chi connectivity index (χ0) is 15.7. The van der Waals surface area contributed by atoms with Crippen LogP contribution in [0.5, 0.6) is 0 Å². The molecule has 1 unspecified atom stereocenters. The van der Waals surface area contributed by atoms with Crippen molar-refractivity contribution in [2.75, 3.05) is 13.1 Å². The number of halogens is 1. The molecule has 0 aliphatic carbocycles. The molecule has 0 bridgehead atoms. The molecule has 1 saturated heterocycles. The Kier molecular flexibility index (Phi) is 6.45. The van der Waals surface area contributed by atoms with E-state index < -0.39 is 10.0 Å². The van der Waals surface area contributed by atoms with Crippen LogP contribution >= 0.6 is 12.4 Å². The van der Waals surface area contributed by atoms with E-state index in [-0.39, 0.29) is 23.9 Å². The maximum absolute atomic E-state index is 12.7. The quantitative estimate of drug-likeness (QED) is 0.911. The van der Waals surface area contributed by atoms with E-state index in [1.54, 1.807) is 16.4 Å². The van der Waals surface area contributed by atoms with Crippen LogP contribution in [0.1, 0.15) is 39.2 Å². The van der Waals surface area contributed by atoms with Gasteiger partial charge in [0.05, 0.1) is 4.90 Å². The zero-order valence-corrected chi connectivity index (χ0v) is 15.2. The molecule has 1 fully saturated rings. The molecule has 1 aliphatic heterocycles. The van der Waals surface area contributed by atoms with E-state index in [1.807, 2.05) is 26.0 Å². The monoisotopic (exact) mass is 346 g/mol. The van der Waals surface area contributed by atoms with Crippen LogP contribution in [0.2, 0.25) is 0 Å². The van der Waals surface area contributed by atoms with E-state index in [4.69, 9.17) is 5.73 Å². The molecule has 0 radical (unpaired) electrons. The smallest absolute Gasteiger partial charge is 0.243 e. The fraction of sp³-hybridized carbons (Fsp3) is 0.625. The van der Waals surface area contributed by atoms with Crippen LogP contribution in [0.4, 0.5) is 0 Å². The summed E-state index contributed by atoms with van der Waals surface area (Å²) >= 11 is 0. The molecular formula is C16H27ClN2O2S. The van der Waals surface area contributed by atoms with Gasteiger partial charge in [0.1, 0.15) is 0 Å². The Morgan fingerprint density at radius 2 is 1.86 bits per heavy atom. The lowest BCUT2D eigenvalue weighted by atomic mass is 9.81. The molecule has 4 nitrogen and oxygen atoms in total. The summed E-state index contributed by atoms with van der Waals surface area (Å²) in [5.41, 5.74) is 7.08. The summed E-state index contributed by atoms with van der Waals surface area (Å²) in [7, 11) is -3.41. The minimum atomic E-state index is -3.41. The van der Waals surface area contributed by atoms with Gasteiger partial charge in [-0.1, -0.05) is 39.3 Å². The molecule has 1 heterocycles. The molecule has 1 atom stereocenters. The molecule has 6 heteroatoms. The molecule has 22 heavy (non-hydrogen) atoms. The van der Waals surface area contributed by atoms with Crippen LogP contribution in [-0.4, -0.2) is 31.9 Å². The Labute approximate surface area is 140 Å². The number of benzene rings is 1. The van der Waals surface area contributed by atoms with Gasteiger partial charge < -0.3 is 5.73 Å². The van der Waals surface area contributed by atoms with Crippen LogP contribution in [0.25, 0.3) is 0 Å². The molecule has 0 spiro atoms. The van der Waals surface area contributed by atoms with Crippen molar-refractivity contribution in [3.05, 3.63) is 29.8 Å². The maximum atomic E-state index is 12.7. The van der Waals surface area contributed by atoms with Crippen molar-refractivity contribution in [1.82, 2.24) is 4.31 Å². The first kappa shape index (κ1) is 19.4. The lowest BCUT2D eigenvalue weighted by molar-refractivity contribution is 0.155. The molecule has 0 saturated carbocycles. The summed E-state index contributed by atoms with van der Waals surface area (Å²) in [6.07, 6.45) is 2.75. The lowest BCUT2D eigenvalue weighted by Crippen LogP contribution is -2.53. The molecule has 2 N–H and O–H groups in total. The maximum Gasteiger partial charge on any atom is 0.243 e. The average molecular weight is 347 g/mol. The van der Waals surface area contributed by atoms with Gasteiger partial charge in [-0.25, -0.2) is 8.42 Å². The lowest BCUT2D eigenvalue weighted by Gasteiger charge is -2.41. The Balaban J connectivity index is 0.00000242. The number of nitrogens with two attached hydrogens (primary N) is 1. The van der Waals surface area contributed by atoms with Gasteiger partial charge in [-0.05, 0) is 36.0 Å². The van der Waals surface area contributed by atoms with E-state index in [0.29, 0.717) is 24.4 Å². The molecule has 2 rings (SSSR count). The van der Waals surface area contributed by atoms with Crippen molar-refractivity contribution in [2.45, 2.75) is 51.0 Å². The second-order valence-corrected chi connectivity index (χ2v) is 8.55. The normalized spacial score (nSPS) is 22.1. The van der Waals surface area contributed by atoms with Crippen molar-refractivity contribution in [1.29, 1.82) is 0 Å². The van der Waals surface area contributed by atoms with Crippen LogP contribution in [-0.2, 0) is 16.4 Å². The van der Waals surface area contributed by atoms with Crippen LogP contribution in [0, 0.1) is 5.41 Å². The second-order valence-electron chi connectivity index (χ2n) is 6.62. The van der Waals surface area contributed by atoms with E-state index in [1.165, 1.54) is 5.56 Å². The van der Waals surface area contributed by atoms with Crippen molar-refractivity contribution < 1.29 is 8.42 Å². The number of sulfonamides is 1. The Morgan fingerprint density at radius 1 is 1.27 bits per heavy atom. The number of hydrogen-bond donors (Lipinski definition) is 1. The molecule has 1 aromatic rings. The summed E-state index contributed by atoms with van der Waals surface area (Å²) in [5.74, 6) is 0. The van der Waals surface area contributed by atoms with Crippen molar-refractivity contribution >= 4 is 22.4 Å². The Bertz CT molecular complexity index is 585. The van der Waals surface area contributed by atoms with E-state index in [2.05, 4.69) is 6.92 Å². The summed E-state index contributed by atoms with van der Waals surface area (Å²) in [6.45, 7) is 7.16. The standard InChI is InChI=1S/C16H26N2O2S.ClH/c1-4-5-13-6-8-14(9-7-13)21(19,20)18-11-10-15(17)16(2,3)12-18;/h6-9,15H,4-5,10-12,17H2,1-3H3;1H. The van der Waals surface area contributed by atoms with Crippen LogP contribution in [0.3, 0.4) is 0 Å². The second kappa shape index (κ2) is 7.30. The number of rotatable bonds is 4. The minimum absolute atomic E-state index is 0. The third-order valence-corrected chi connectivity index (χ3v) is 6.24. The first-order valence-electron chi connectivity index (χ1n) is 7.62.